The molecule has 1 amide bonds. The third-order valence-corrected chi connectivity index (χ3v) is 3.80. The van der Waals surface area contributed by atoms with Gasteiger partial charge < -0.3 is 10.1 Å². The van der Waals surface area contributed by atoms with Crippen molar-refractivity contribution in [2.24, 2.45) is 0 Å². The van der Waals surface area contributed by atoms with E-state index in [9.17, 15) is 4.79 Å². The molecule has 0 spiro atoms. The summed E-state index contributed by atoms with van der Waals surface area (Å²) in [5.74, 6) is 0.724. The summed E-state index contributed by atoms with van der Waals surface area (Å²) >= 11 is 3.41. The number of rotatable bonds is 4. The van der Waals surface area contributed by atoms with Gasteiger partial charge in [-0.1, -0.05) is 28.8 Å². The SMILES string of the molecule is COc1ccc(Br)cc1/C=C/C(=O)NC1CCCC1. The molecule has 0 unspecified atom stereocenters. The molecule has 102 valence electrons. The van der Waals surface area contributed by atoms with Crippen LogP contribution in [-0.2, 0) is 4.79 Å². The maximum absolute atomic E-state index is 11.8. The molecule has 1 aromatic rings. The van der Waals surface area contributed by atoms with E-state index in [4.69, 9.17) is 4.74 Å². The fraction of sp³-hybridized carbons (Fsp3) is 0.400. The summed E-state index contributed by atoms with van der Waals surface area (Å²) in [6.07, 6.45) is 7.98. The Morgan fingerprint density at radius 3 is 2.84 bits per heavy atom. The Morgan fingerprint density at radius 2 is 2.16 bits per heavy atom. The molecular formula is C15H18BrNO2. The fourth-order valence-corrected chi connectivity index (χ4v) is 2.70. The van der Waals surface area contributed by atoms with E-state index >= 15 is 0 Å². The van der Waals surface area contributed by atoms with Gasteiger partial charge in [-0.2, -0.15) is 0 Å². The Labute approximate surface area is 122 Å². The van der Waals surface area contributed by atoms with Gasteiger partial charge in [0.2, 0.25) is 5.91 Å². The lowest BCUT2D eigenvalue weighted by atomic mass is 10.2. The van der Waals surface area contributed by atoms with Gasteiger partial charge in [0, 0.05) is 22.2 Å². The molecule has 0 radical (unpaired) electrons. The summed E-state index contributed by atoms with van der Waals surface area (Å²) in [6, 6.07) is 6.06. The number of halogens is 1. The van der Waals surface area contributed by atoms with Gasteiger partial charge >= 0.3 is 0 Å². The van der Waals surface area contributed by atoms with Crippen LogP contribution in [-0.4, -0.2) is 19.1 Å². The van der Waals surface area contributed by atoms with Gasteiger partial charge in [-0.15, -0.1) is 0 Å². The summed E-state index contributed by atoms with van der Waals surface area (Å²) in [5, 5.41) is 3.02. The van der Waals surface area contributed by atoms with Crippen LogP contribution in [0.4, 0.5) is 0 Å². The standard InChI is InChI=1S/C15H18BrNO2/c1-19-14-8-7-12(16)10-11(14)6-9-15(18)17-13-4-2-3-5-13/h6-10,13H,2-5H2,1H3,(H,17,18)/b9-6+. The first-order valence-corrected chi connectivity index (χ1v) is 7.30. The van der Waals surface area contributed by atoms with Crippen molar-refractivity contribution in [1.82, 2.24) is 5.32 Å². The van der Waals surface area contributed by atoms with E-state index in [2.05, 4.69) is 21.2 Å². The van der Waals surface area contributed by atoms with Gasteiger partial charge in [-0.3, -0.25) is 4.79 Å². The molecule has 1 aliphatic carbocycles. The molecule has 1 saturated carbocycles. The molecule has 1 aliphatic rings. The Balaban J connectivity index is 2.00. The third-order valence-electron chi connectivity index (χ3n) is 3.31. The summed E-state index contributed by atoms with van der Waals surface area (Å²) in [5.41, 5.74) is 0.887. The van der Waals surface area contributed by atoms with Crippen molar-refractivity contribution in [1.29, 1.82) is 0 Å². The zero-order chi connectivity index (χ0) is 13.7. The highest BCUT2D eigenvalue weighted by atomic mass is 79.9. The lowest BCUT2D eigenvalue weighted by Crippen LogP contribution is -2.30. The zero-order valence-electron chi connectivity index (χ0n) is 11.0. The monoisotopic (exact) mass is 323 g/mol. The third kappa shape index (κ3) is 4.10. The lowest BCUT2D eigenvalue weighted by molar-refractivity contribution is -0.117. The van der Waals surface area contributed by atoms with Crippen LogP contribution in [0.25, 0.3) is 6.08 Å². The van der Waals surface area contributed by atoms with Crippen LogP contribution in [0.1, 0.15) is 31.2 Å². The molecular weight excluding hydrogens is 306 g/mol. The van der Waals surface area contributed by atoms with Crippen LogP contribution in [0.5, 0.6) is 5.75 Å². The summed E-state index contributed by atoms with van der Waals surface area (Å²) in [6.45, 7) is 0. The van der Waals surface area contributed by atoms with Crippen LogP contribution in [0.2, 0.25) is 0 Å². The minimum atomic E-state index is -0.0334. The Bertz CT molecular complexity index is 479. The number of amides is 1. The smallest absolute Gasteiger partial charge is 0.244 e. The summed E-state index contributed by atoms with van der Waals surface area (Å²) in [4.78, 5) is 11.8. The molecule has 0 heterocycles. The molecule has 2 rings (SSSR count). The number of methoxy groups -OCH3 is 1. The largest absolute Gasteiger partial charge is 0.496 e. The predicted octanol–water partition coefficient (Wildman–Crippen LogP) is 3.53. The molecule has 19 heavy (non-hydrogen) atoms. The second-order valence-corrected chi connectivity index (χ2v) is 5.63. The maximum atomic E-state index is 11.8. The van der Waals surface area contributed by atoms with E-state index < -0.39 is 0 Å². The fourth-order valence-electron chi connectivity index (χ4n) is 2.32. The van der Waals surface area contributed by atoms with Crippen LogP contribution in [0, 0.1) is 0 Å². The molecule has 1 N–H and O–H groups in total. The van der Waals surface area contributed by atoms with Crippen molar-refractivity contribution < 1.29 is 9.53 Å². The molecule has 3 nitrogen and oxygen atoms in total. The van der Waals surface area contributed by atoms with Crippen molar-refractivity contribution in [3.8, 4) is 5.75 Å². The Morgan fingerprint density at radius 1 is 1.42 bits per heavy atom. The van der Waals surface area contributed by atoms with Crippen LogP contribution >= 0.6 is 15.9 Å². The van der Waals surface area contributed by atoms with E-state index in [1.165, 1.54) is 12.8 Å². The second kappa shape index (κ2) is 6.75. The topological polar surface area (TPSA) is 38.3 Å². The average molecular weight is 324 g/mol. The van der Waals surface area contributed by atoms with Crippen LogP contribution in [0.15, 0.2) is 28.7 Å². The van der Waals surface area contributed by atoms with Crippen LogP contribution < -0.4 is 10.1 Å². The molecule has 4 heteroatoms. The van der Waals surface area contributed by atoms with E-state index in [0.29, 0.717) is 6.04 Å². The Kier molecular flexibility index (Phi) is 5.02. The summed E-state index contributed by atoms with van der Waals surface area (Å²) < 4.78 is 6.22. The van der Waals surface area contributed by atoms with Crippen molar-refractivity contribution in [2.75, 3.05) is 7.11 Å². The first-order chi connectivity index (χ1) is 9.19. The minimum Gasteiger partial charge on any atom is -0.496 e. The van der Waals surface area contributed by atoms with Gasteiger partial charge in [0.25, 0.3) is 0 Å². The van der Waals surface area contributed by atoms with Gasteiger partial charge in [-0.05, 0) is 37.1 Å². The first kappa shape index (κ1) is 14.1. The van der Waals surface area contributed by atoms with Crippen molar-refractivity contribution >= 4 is 27.9 Å². The van der Waals surface area contributed by atoms with Gasteiger partial charge in [-0.25, -0.2) is 0 Å². The van der Waals surface area contributed by atoms with Gasteiger partial charge in [0.1, 0.15) is 5.75 Å². The zero-order valence-corrected chi connectivity index (χ0v) is 12.6. The molecule has 1 aromatic carbocycles. The molecule has 0 atom stereocenters. The molecule has 0 aromatic heterocycles. The first-order valence-electron chi connectivity index (χ1n) is 6.51. The van der Waals surface area contributed by atoms with E-state index in [1.54, 1.807) is 19.3 Å². The molecule has 0 bridgehead atoms. The number of ether oxygens (including phenoxy) is 1. The van der Waals surface area contributed by atoms with E-state index in [1.807, 2.05) is 18.2 Å². The average Bonchev–Trinajstić information content (AvgIpc) is 2.89. The second-order valence-electron chi connectivity index (χ2n) is 4.71. The Hall–Kier alpha value is -1.29. The van der Waals surface area contributed by atoms with Gasteiger partial charge in [0.15, 0.2) is 0 Å². The number of hydrogen-bond donors (Lipinski definition) is 1. The predicted molar refractivity (Wildman–Crippen MR) is 80.1 cm³/mol. The highest BCUT2D eigenvalue weighted by Gasteiger charge is 2.15. The normalized spacial score (nSPS) is 15.9. The molecule has 0 saturated heterocycles. The number of benzene rings is 1. The molecule has 1 fully saturated rings. The minimum absolute atomic E-state index is 0.0334. The summed E-state index contributed by atoms with van der Waals surface area (Å²) in [7, 11) is 1.62. The van der Waals surface area contributed by atoms with Crippen LogP contribution in [0.3, 0.4) is 0 Å². The van der Waals surface area contributed by atoms with Crippen molar-refractivity contribution in [2.45, 2.75) is 31.7 Å². The number of hydrogen-bond acceptors (Lipinski definition) is 2. The number of carbonyl (C=O) groups is 1. The van der Waals surface area contributed by atoms with E-state index in [-0.39, 0.29) is 5.91 Å². The quantitative estimate of drug-likeness (QED) is 0.861. The van der Waals surface area contributed by atoms with Crippen molar-refractivity contribution in [3.05, 3.63) is 34.3 Å². The highest BCUT2D eigenvalue weighted by molar-refractivity contribution is 9.10. The highest BCUT2D eigenvalue weighted by Crippen LogP contribution is 2.24. The van der Waals surface area contributed by atoms with Crippen molar-refractivity contribution in [3.63, 3.8) is 0 Å². The lowest BCUT2D eigenvalue weighted by Gasteiger charge is -2.09. The number of nitrogens with one attached hydrogen (secondary N) is 1. The maximum Gasteiger partial charge on any atom is 0.244 e. The van der Waals surface area contributed by atoms with E-state index in [0.717, 1.165) is 28.6 Å². The molecule has 0 aliphatic heterocycles. The number of carbonyl (C=O) groups excluding carboxylic acids is 1. The van der Waals surface area contributed by atoms with Gasteiger partial charge in [0.05, 0.1) is 7.11 Å².